The predicted molar refractivity (Wildman–Crippen MR) is 424 cm³/mol. The van der Waals surface area contributed by atoms with Crippen LogP contribution in [0, 0.1) is 0 Å². The summed E-state index contributed by atoms with van der Waals surface area (Å²) in [5.74, 6) is 1.98. The predicted octanol–water partition coefficient (Wildman–Crippen LogP) is 25.7. The van der Waals surface area contributed by atoms with Gasteiger partial charge in [-0.2, -0.15) is 0 Å². The maximum atomic E-state index is 12.0. The van der Waals surface area contributed by atoms with Crippen molar-refractivity contribution in [2.75, 3.05) is 0 Å². The van der Waals surface area contributed by atoms with E-state index < -0.39 is 17.1 Å². The zero-order valence-electron chi connectivity index (χ0n) is 60.5. The second-order valence-corrected chi connectivity index (χ2v) is 40.6. The van der Waals surface area contributed by atoms with Crippen LogP contribution >= 0.6 is 17.1 Å². The maximum absolute atomic E-state index is 12.0. The summed E-state index contributed by atoms with van der Waals surface area (Å²) in [6, 6.07) is 18.3. The zero-order chi connectivity index (χ0) is 68.4. The summed E-state index contributed by atoms with van der Waals surface area (Å²) >= 11 is 29.3. The van der Waals surface area contributed by atoms with Gasteiger partial charge in [-0.1, -0.05) is 400 Å². The van der Waals surface area contributed by atoms with E-state index in [2.05, 4.69) is 59.7 Å². The summed E-state index contributed by atoms with van der Waals surface area (Å²) in [5, 5.41) is 0. The number of hydrogen-bond donors (Lipinski definition) is 0. The molecule has 546 valence electrons. The molecule has 0 amide bonds. The fourth-order valence-electron chi connectivity index (χ4n) is 12.7. The molecule has 3 aromatic carbocycles. The summed E-state index contributed by atoms with van der Waals surface area (Å²) in [6.07, 6.45) is 68.8. The molecular weight excluding hydrogens is 1410 g/mol. The van der Waals surface area contributed by atoms with Gasteiger partial charge in [0.1, 0.15) is 17.2 Å². The molecule has 0 aromatic heterocycles. The molecule has 0 heterocycles. The maximum Gasteiger partial charge on any atom is 0.123 e. The van der Waals surface area contributed by atoms with Gasteiger partial charge >= 0.3 is 0 Å². The molecule has 0 saturated carbocycles. The third-order valence-electron chi connectivity index (χ3n) is 18.1. The van der Waals surface area contributed by atoms with Gasteiger partial charge in [0.05, 0.1) is 0 Å². The Morgan fingerprint density at radius 1 is 0.255 bits per heavy atom. The number of hydrogen-bond acceptors (Lipinski definition) is 12. The second kappa shape index (κ2) is 64.5. The molecule has 3 unspecified atom stereocenters. The molecule has 0 radical (unpaired) electrons. The summed E-state index contributed by atoms with van der Waals surface area (Å²) in [6.45, 7) is 13.6. The molecule has 6 nitrogen and oxygen atoms in total. The topological polar surface area (TPSA) is 96.9 Å². The third-order valence-corrected chi connectivity index (χ3v) is 20.7. The van der Waals surface area contributed by atoms with Gasteiger partial charge in [0, 0.05) is 21.1 Å². The molecule has 94 heavy (non-hydrogen) atoms. The minimum atomic E-state index is -3.38. The van der Waals surface area contributed by atoms with Gasteiger partial charge in [0.25, 0.3) is 0 Å². The van der Waals surface area contributed by atoms with Crippen molar-refractivity contribution in [2.45, 2.75) is 388 Å². The van der Waals surface area contributed by atoms with Crippen LogP contribution in [0.1, 0.15) is 383 Å². The van der Waals surface area contributed by atoms with Crippen LogP contribution in [0.3, 0.4) is 0 Å². The van der Waals surface area contributed by atoms with Crippen molar-refractivity contribution in [1.82, 2.24) is 0 Å². The fraction of sp³-hybridized carbons (Fsp3) is 0.769. The first kappa shape index (κ1) is 94.6. The average Bonchev–Trinajstić information content (AvgIpc) is 1.04. The number of aryl methyl sites for hydroxylation is 3. The molecule has 0 aliphatic carbocycles. The number of rotatable bonds is 60. The fourth-order valence-corrected chi connectivity index (χ4v) is 15.3. The summed E-state index contributed by atoms with van der Waals surface area (Å²) in [4.78, 5) is 35.9. The Balaban J connectivity index is 0.00000137. The van der Waals surface area contributed by atoms with Gasteiger partial charge in [0.2, 0.25) is 0 Å². The Morgan fingerprint density at radius 3 is 0.564 bits per heavy atom. The van der Waals surface area contributed by atoms with Crippen molar-refractivity contribution in [1.29, 1.82) is 0 Å². The summed E-state index contributed by atoms with van der Waals surface area (Å²) < 4.78 is 16.7. The van der Waals surface area contributed by atoms with Crippen LogP contribution in [0.2, 0.25) is 0 Å². The quantitative estimate of drug-likeness (QED) is 0.0233. The van der Waals surface area contributed by atoms with Gasteiger partial charge in [-0.05, 0) is 129 Å². The smallest absolute Gasteiger partial charge is 0.123 e. The molecule has 3 aromatic rings. The van der Waals surface area contributed by atoms with Crippen LogP contribution < -0.4 is 28.3 Å². The van der Waals surface area contributed by atoms with E-state index in [1.807, 2.05) is 36.4 Å². The molecule has 3 rings (SSSR count). The van der Waals surface area contributed by atoms with Gasteiger partial charge in [-0.15, -0.1) is 0 Å². The first-order chi connectivity index (χ1) is 44.9. The van der Waals surface area contributed by atoms with Crippen LogP contribution in [0.25, 0.3) is 0 Å². The van der Waals surface area contributed by atoms with E-state index in [1.165, 1.54) is 322 Å². The number of unbranched alkanes of at least 4 members (excludes halogenated alkanes) is 42. The van der Waals surface area contributed by atoms with Crippen LogP contribution in [0.5, 0.6) is 17.2 Å². The molecule has 0 spiro atoms. The SMILES string of the molecule is CCCCCCCCCCc1cccc(OP([O-])(=S)[S-])c1CCCCCCCCCC.CCCCCCCCCCc1cccc(OP([O-])(=S)[S-])c1CCCCCCCCCC.CCCCCCCCCCc1cccc(OP([O-])(=S)[S-])c1CCCCCCCCCC.[Mo]. The van der Waals surface area contributed by atoms with Crippen molar-refractivity contribution >= 4 is 89.2 Å². The van der Waals surface area contributed by atoms with Gasteiger partial charge < -0.3 is 65.0 Å². The van der Waals surface area contributed by atoms with Crippen molar-refractivity contribution in [2.24, 2.45) is 0 Å². The Morgan fingerprint density at radius 2 is 0.404 bits per heavy atom. The second-order valence-electron chi connectivity index (χ2n) is 26.6. The average molecular weight is 1550 g/mol. The van der Waals surface area contributed by atoms with Gasteiger partial charge in [-0.3, -0.25) is 0 Å². The van der Waals surface area contributed by atoms with Crippen LogP contribution in [0.15, 0.2) is 54.6 Å². The minimum Gasteiger partial charge on any atom is -0.809 e. The monoisotopic (exact) mass is 1550 g/mol. The van der Waals surface area contributed by atoms with Crippen LogP contribution in [0.4, 0.5) is 0 Å². The van der Waals surface area contributed by atoms with Gasteiger partial charge in [-0.25, -0.2) is 0 Å². The van der Waals surface area contributed by atoms with E-state index >= 15 is 0 Å². The molecule has 0 aliphatic rings. The molecule has 0 fully saturated rings. The first-order valence-electron chi connectivity index (χ1n) is 38.4. The van der Waals surface area contributed by atoms with E-state index in [0.717, 1.165) is 57.8 Å². The Kier molecular flexibility index (Phi) is 64.9. The standard InChI is InChI=1S/3C26H47O2PS2.Mo/c3*1-3-5-7-9-11-13-15-17-20-24-21-19-23-26(28-29(27,30)31)25(24)22-18-16-14-12-10-8-6-4-2;/h3*19,21,23H,3-18,20,22H2,1-2H3,(H2,27,30,31);/p-6. The van der Waals surface area contributed by atoms with E-state index in [1.54, 1.807) is 0 Å². The minimum absolute atomic E-state index is 0. The van der Waals surface area contributed by atoms with E-state index in [-0.39, 0.29) is 21.1 Å². The Hall–Kier alpha value is 0.628. The van der Waals surface area contributed by atoms with E-state index in [4.69, 9.17) is 85.7 Å². The molecule has 0 saturated heterocycles. The third kappa shape index (κ3) is 56.2. The van der Waals surface area contributed by atoms with Crippen molar-refractivity contribution in [3.8, 4) is 17.2 Å². The molecule has 3 atom stereocenters. The van der Waals surface area contributed by atoms with Crippen molar-refractivity contribution in [3.63, 3.8) is 0 Å². The normalized spacial score (nSPS) is 13.1. The van der Waals surface area contributed by atoms with Crippen molar-refractivity contribution < 1.29 is 49.3 Å². The molecule has 16 heteroatoms. The zero-order valence-corrected chi connectivity index (χ0v) is 70.1. The van der Waals surface area contributed by atoms with E-state index in [0.29, 0.717) is 17.2 Å². The van der Waals surface area contributed by atoms with Crippen LogP contribution in [-0.4, -0.2) is 0 Å². The number of benzene rings is 3. The summed E-state index contributed by atoms with van der Waals surface area (Å²) in [7, 11) is 0. The molecule has 0 bridgehead atoms. The molecule has 0 aliphatic heterocycles. The van der Waals surface area contributed by atoms with Crippen LogP contribution in [-0.2, 0) is 132 Å². The van der Waals surface area contributed by atoms with Gasteiger partial charge in [0.15, 0.2) is 0 Å². The first-order valence-corrected chi connectivity index (χ1v) is 49.4. The Bertz CT molecular complexity index is 2110. The van der Waals surface area contributed by atoms with Crippen molar-refractivity contribution in [3.05, 3.63) is 88.0 Å². The molecular formula is C78H135MoO6P3S6-6. The van der Waals surface area contributed by atoms with E-state index in [9.17, 15) is 14.7 Å². The Labute approximate surface area is 626 Å². The summed E-state index contributed by atoms with van der Waals surface area (Å²) in [5.41, 5.74) is -2.60. The molecule has 0 N–H and O–H groups in total. The largest absolute Gasteiger partial charge is 0.809 e.